The smallest absolute Gasteiger partial charge is 0.0300 e. The van der Waals surface area contributed by atoms with Crippen molar-refractivity contribution < 1.29 is 0 Å². The highest BCUT2D eigenvalue weighted by Gasteiger charge is 2.24. The standard InChI is InChI=1S/C13H17N/c14-13-8-7-11-10-4-2-1-3-9(10)5-6-12(11)13/h5-6,13H,1-4,7-8,14H2. The van der Waals surface area contributed by atoms with E-state index in [4.69, 9.17) is 5.73 Å². The van der Waals surface area contributed by atoms with Gasteiger partial charge in [-0.3, -0.25) is 0 Å². The second-order valence-electron chi connectivity index (χ2n) is 4.62. The molecule has 0 bridgehead atoms. The number of rotatable bonds is 0. The molecule has 0 saturated carbocycles. The van der Waals surface area contributed by atoms with Crippen molar-refractivity contribution in [1.29, 1.82) is 0 Å². The fourth-order valence-corrected chi connectivity index (χ4v) is 3.02. The number of hydrogen-bond acceptors (Lipinski definition) is 1. The van der Waals surface area contributed by atoms with Gasteiger partial charge in [-0.25, -0.2) is 0 Å². The van der Waals surface area contributed by atoms with Gasteiger partial charge >= 0.3 is 0 Å². The van der Waals surface area contributed by atoms with Gasteiger partial charge in [-0.1, -0.05) is 12.1 Å². The van der Waals surface area contributed by atoms with Gasteiger partial charge in [0.25, 0.3) is 0 Å². The lowest BCUT2D eigenvalue weighted by molar-refractivity contribution is 0.679. The normalized spacial score (nSPS) is 24.5. The zero-order valence-corrected chi connectivity index (χ0v) is 8.55. The summed E-state index contributed by atoms with van der Waals surface area (Å²) in [5, 5.41) is 0. The molecule has 1 aromatic carbocycles. The molecule has 0 aliphatic heterocycles. The Morgan fingerprint density at radius 1 is 1.00 bits per heavy atom. The van der Waals surface area contributed by atoms with Gasteiger partial charge in [0.05, 0.1) is 0 Å². The maximum atomic E-state index is 6.08. The van der Waals surface area contributed by atoms with Gasteiger partial charge in [0.1, 0.15) is 0 Å². The lowest BCUT2D eigenvalue weighted by Gasteiger charge is -2.19. The molecule has 0 aromatic heterocycles. The van der Waals surface area contributed by atoms with E-state index in [1.54, 1.807) is 16.7 Å². The number of benzene rings is 1. The summed E-state index contributed by atoms with van der Waals surface area (Å²) in [5.41, 5.74) is 12.4. The van der Waals surface area contributed by atoms with Crippen LogP contribution in [0.15, 0.2) is 12.1 Å². The van der Waals surface area contributed by atoms with Gasteiger partial charge in [-0.2, -0.15) is 0 Å². The fraction of sp³-hybridized carbons (Fsp3) is 0.538. The minimum absolute atomic E-state index is 0.317. The fourth-order valence-electron chi connectivity index (χ4n) is 3.02. The molecule has 1 nitrogen and oxygen atoms in total. The average molecular weight is 187 g/mol. The van der Waals surface area contributed by atoms with Crippen LogP contribution in [0.2, 0.25) is 0 Å². The first kappa shape index (κ1) is 8.49. The molecule has 1 atom stereocenters. The maximum absolute atomic E-state index is 6.08. The summed E-state index contributed by atoms with van der Waals surface area (Å²) in [4.78, 5) is 0. The molecule has 74 valence electrons. The van der Waals surface area contributed by atoms with E-state index in [1.165, 1.54) is 37.7 Å². The van der Waals surface area contributed by atoms with Crippen LogP contribution in [0.3, 0.4) is 0 Å². The largest absolute Gasteiger partial charge is 0.324 e. The van der Waals surface area contributed by atoms with Crippen molar-refractivity contribution in [3.8, 4) is 0 Å². The van der Waals surface area contributed by atoms with Crippen LogP contribution in [-0.2, 0) is 19.3 Å². The molecular weight excluding hydrogens is 170 g/mol. The van der Waals surface area contributed by atoms with E-state index >= 15 is 0 Å². The van der Waals surface area contributed by atoms with E-state index in [2.05, 4.69) is 12.1 Å². The molecule has 1 unspecified atom stereocenters. The predicted octanol–water partition coefficient (Wildman–Crippen LogP) is 2.51. The van der Waals surface area contributed by atoms with Crippen LogP contribution < -0.4 is 5.73 Å². The van der Waals surface area contributed by atoms with Gasteiger partial charge < -0.3 is 5.73 Å². The first-order valence-corrected chi connectivity index (χ1v) is 5.75. The zero-order valence-electron chi connectivity index (χ0n) is 8.55. The second kappa shape index (κ2) is 3.09. The van der Waals surface area contributed by atoms with Crippen molar-refractivity contribution in [3.05, 3.63) is 34.4 Å². The molecule has 2 N–H and O–H groups in total. The Morgan fingerprint density at radius 2 is 1.86 bits per heavy atom. The van der Waals surface area contributed by atoms with Gasteiger partial charge in [0, 0.05) is 6.04 Å². The Morgan fingerprint density at radius 3 is 2.79 bits per heavy atom. The zero-order chi connectivity index (χ0) is 9.54. The number of nitrogens with two attached hydrogens (primary N) is 1. The molecule has 0 spiro atoms. The maximum Gasteiger partial charge on any atom is 0.0300 e. The predicted molar refractivity (Wildman–Crippen MR) is 58.3 cm³/mol. The van der Waals surface area contributed by atoms with Gasteiger partial charge in [-0.05, 0) is 60.8 Å². The van der Waals surface area contributed by atoms with E-state index in [0.717, 1.165) is 6.42 Å². The van der Waals surface area contributed by atoms with Crippen LogP contribution in [0.1, 0.15) is 47.6 Å². The summed E-state index contributed by atoms with van der Waals surface area (Å²) in [5.74, 6) is 0. The molecule has 0 radical (unpaired) electrons. The van der Waals surface area contributed by atoms with E-state index in [9.17, 15) is 0 Å². The minimum atomic E-state index is 0.317. The molecule has 14 heavy (non-hydrogen) atoms. The highest BCUT2D eigenvalue weighted by Crippen LogP contribution is 2.36. The SMILES string of the molecule is NC1CCc2c1ccc1c2CCCC1. The van der Waals surface area contributed by atoms with Crippen LogP contribution in [0, 0.1) is 0 Å². The average Bonchev–Trinajstić information content (AvgIpc) is 2.61. The summed E-state index contributed by atoms with van der Waals surface area (Å²) in [7, 11) is 0. The Bertz CT molecular complexity index is 368. The van der Waals surface area contributed by atoms with Crippen LogP contribution in [0.5, 0.6) is 0 Å². The number of aryl methyl sites for hydroxylation is 1. The van der Waals surface area contributed by atoms with Gasteiger partial charge in [0.15, 0.2) is 0 Å². The Hall–Kier alpha value is -0.820. The lowest BCUT2D eigenvalue weighted by atomic mass is 9.86. The number of fused-ring (bicyclic) bond motifs is 3. The van der Waals surface area contributed by atoms with Crippen LogP contribution >= 0.6 is 0 Å². The van der Waals surface area contributed by atoms with E-state index < -0.39 is 0 Å². The first-order chi connectivity index (χ1) is 6.86. The molecule has 2 aliphatic carbocycles. The topological polar surface area (TPSA) is 26.0 Å². The van der Waals surface area contributed by atoms with E-state index in [-0.39, 0.29) is 0 Å². The molecule has 0 amide bonds. The van der Waals surface area contributed by atoms with Crippen molar-refractivity contribution in [2.75, 3.05) is 0 Å². The summed E-state index contributed by atoms with van der Waals surface area (Å²) in [6.07, 6.45) is 7.71. The molecule has 0 heterocycles. The molecule has 3 rings (SSSR count). The molecule has 1 aromatic rings. The van der Waals surface area contributed by atoms with Crippen molar-refractivity contribution in [1.82, 2.24) is 0 Å². The van der Waals surface area contributed by atoms with Crippen molar-refractivity contribution in [2.45, 2.75) is 44.6 Å². The monoisotopic (exact) mass is 187 g/mol. The second-order valence-corrected chi connectivity index (χ2v) is 4.62. The third-order valence-corrected chi connectivity index (χ3v) is 3.79. The Balaban J connectivity index is 2.15. The van der Waals surface area contributed by atoms with E-state index in [0.29, 0.717) is 6.04 Å². The first-order valence-electron chi connectivity index (χ1n) is 5.75. The third-order valence-electron chi connectivity index (χ3n) is 3.79. The Labute approximate surface area is 85.3 Å². The van der Waals surface area contributed by atoms with E-state index in [1.807, 2.05) is 0 Å². The molecular formula is C13H17N. The quantitative estimate of drug-likeness (QED) is 0.663. The van der Waals surface area contributed by atoms with Crippen molar-refractivity contribution >= 4 is 0 Å². The van der Waals surface area contributed by atoms with Gasteiger partial charge in [-0.15, -0.1) is 0 Å². The van der Waals surface area contributed by atoms with Crippen LogP contribution in [-0.4, -0.2) is 0 Å². The molecule has 0 saturated heterocycles. The lowest BCUT2D eigenvalue weighted by Crippen LogP contribution is -2.09. The minimum Gasteiger partial charge on any atom is -0.324 e. The highest BCUT2D eigenvalue weighted by atomic mass is 14.6. The summed E-state index contributed by atoms with van der Waals surface area (Å²) >= 11 is 0. The summed E-state index contributed by atoms with van der Waals surface area (Å²) in [6.45, 7) is 0. The number of hydrogen-bond donors (Lipinski definition) is 1. The highest BCUT2D eigenvalue weighted by molar-refractivity contribution is 5.46. The molecule has 0 fully saturated rings. The summed E-state index contributed by atoms with van der Waals surface area (Å²) < 4.78 is 0. The van der Waals surface area contributed by atoms with Crippen molar-refractivity contribution in [2.24, 2.45) is 5.73 Å². The molecule has 1 heteroatoms. The Kier molecular flexibility index (Phi) is 1.88. The molecule has 2 aliphatic rings. The third kappa shape index (κ3) is 1.12. The van der Waals surface area contributed by atoms with Gasteiger partial charge in [0.2, 0.25) is 0 Å². The van der Waals surface area contributed by atoms with Crippen LogP contribution in [0.25, 0.3) is 0 Å². The summed E-state index contributed by atoms with van der Waals surface area (Å²) in [6, 6.07) is 4.91. The van der Waals surface area contributed by atoms with Crippen molar-refractivity contribution in [3.63, 3.8) is 0 Å². The van der Waals surface area contributed by atoms with Crippen LogP contribution in [0.4, 0.5) is 0 Å².